The van der Waals surface area contributed by atoms with Gasteiger partial charge < -0.3 is 15.2 Å². The SMILES string of the molecule is Cc1cccc(C)c1NC(=O)C[n+]1cccn1-c1ccccc1.O=C[O-]. The number of amides is 1. The number of hydrogen-bond acceptors (Lipinski definition) is 3. The normalized spacial score (nSPS) is 9.77. The molecule has 0 fully saturated rings. The summed E-state index contributed by atoms with van der Waals surface area (Å²) in [5, 5.41) is 11.3. The largest absolute Gasteiger partial charge is 0.554 e. The Morgan fingerprint density at radius 1 is 1.08 bits per heavy atom. The highest BCUT2D eigenvalue weighted by Gasteiger charge is 2.16. The third-order valence-corrected chi connectivity index (χ3v) is 3.83. The number of nitrogens with one attached hydrogen (secondary N) is 1. The highest BCUT2D eigenvalue weighted by atomic mass is 16.3. The van der Waals surface area contributed by atoms with E-state index >= 15 is 0 Å². The van der Waals surface area contributed by atoms with Crippen molar-refractivity contribution in [3.63, 3.8) is 0 Å². The second-order valence-electron chi connectivity index (χ2n) is 5.68. The van der Waals surface area contributed by atoms with Crippen LogP contribution in [-0.4, -0.2) is 17.1 Å². The number of para-hydroxylation sites is 2. The molecule has 26 heavy (non-hydrogen) atoms. The van der Waals surface area contributed by atoms with Gasteiger partial charge in [-0.2, -0.15) is 0 Å². The number of carbonyl (C=O) groups excluding carboxylic acids is 2. The average molecular weight is 351 g/mol. The van der Waals surface area contributed by atoms with Crippen LogP contribution in [-0.2, 0) is 16.1 Å². The molecule has 0 radical (unpaired) electrons. The topological polar surface area (TPSA) is 78.0 Å². The van der Waals surface area contributed by atoms with Crippen LogP contribution in [0.5, 0.6) is 0 Å². The van der Waals surface area contributed by atoms with Gasteiger partial charge in [0, 0.05) is 18.2 Å². The molecule has 3 aromatic rings. The van der Waals surface area contributed by atoms with Crippen LogP contribution in [0.15, 0.2) is 67.0 Å². The van der Waals surface area contributed by atoms with E-state index in [1.165, 1.54) is 0 Å². The van der Waals surface area contributed by atoms with Crippen LogP contribution in [0.3, 0.4) is 0 Å². The monoisotopic (exact) mass is 351 g/mol. The van der Waals surface area contributed by atoms with Gasteiger partial charge >= 0.3 is 0 Å². The Kier molecular flexibility index (Phi) is 6.68. The minimum Gasteiger partial charge on any atom is -0.554 e. The van der Waals surface area contributed by atoms with Gasteiger partial charge in [-0.1, -0.05) is 36.4 Å². The van der Waals surface area contributed by atoms with Crippen molar-refractivity contribution in [3.05, 3.63) is 78.1 Å². The number of benzene rings is 2. The molecular weight excluding hydrogens is 330 g/mol. The van der Waals surface area contributed by atoms with Gasteiger partial charge in [0.2, 0.25) is 6.54 Å². The molecule has 0 unspecified atom stereocenters. The van der Waals surface area contributed by atoms with Crippen molar-refractivity contribution >= 4 is 18.1 Å². The van der Waals surface area contributed by atoms with Gasteiger partial charge in [0.05, 0.1) is 6.20 Å². The lowest BCUT2D eigenvalue weighted by molar-refractivity contribution is -0.755. The molecule has 0 aliphatic heterocycles. The molecule has 1 N–H and O–H groups in total. The van der Waals surface area contributed by atoms with Crippen LogP contribution in [0.4, 0.5) is 5.69 Å². The van der Waals surface area contributed by atoms with Gasteiger partial charge in [0.1, 0.15) is 5.69 Å². The zero-order valence-corrected chi connectivity index (χ0v) is 14.8. The fourth-order valence-corrected chi connectivity index (χ4v) is 2.66. The van der Waals surface area contributed by atoms with Crippen molar-refractivity contribution in [2.75, 3.05) is 5.32 Å². The molecule has 3 rings (SSSR count). The number of carboxylic acid groups (broad SMARTS) is 1. The predicted molar refractivity (Wildman–Crippen MR) is 96.6 cm³/mol. The molecule has 0 bridgehead atoms. The summed E-state index contributed by atoms with van der Waals surface area (Å²) in [7, 11) is 0. The molecule has 134 valence electrons. The smallest absolute Gasteiger partial charge is 0.292 e. The van der Waals surface area contributed by atoms with E-state index < -0.39 is 6.47 Å². The van der Waals surface area contributed by atoms with Crippen molar-refractivity contribution < 1.29 is 19.4 Å². The predicted octanol–water partition coefficient (Wildman–Crippen LogP) is 1.39. The van der Waals surface area contributed by atoms with Gasteiger partial charge in [0.15, 0.2) is 6.20 Å². The summed E-state index contributed by atoms with van der Waals surface area (Å²) in [6, 6.07) is 17.9. The maximum absolute atomic E-state index is 12.4. The van der Waals surface area contributed by atoms with Gasteiger partial charge in [0.25, 0.3) is 5.91 Å². The molecule has 0 saturated carbocycles. The minimum atomic E-state index is -0.500. The molecule has 0 saturated heterocycles. The van der Waals surface area contributed by atoms with Crippen molar-refractivity contribution in [2.45, 2.75) is 20.4 Å². The third-order valence-electron chi connectivity index (χ3n) is 3.83. The van der Waals surface area contributed by atoms with E-state index in [1.807, 2.05) is 90.2 Å². The Hall–Kier alpha value is -3.41. The molecule has 1 heterocycles. The molecule has 1 aromatic heterocycles. The summed E-state index contributed by atoms with van der Waals surface area (Å²) in [4.78, 5) is 20.7. The molecular formula is C20H21N3O3. The first-order chi connectivity index (χ1) is 12.6. The van der Waals surface area contributed by atoms with E-state index in [4.69, 9.17) is 9.90 Å². The average Bonchev–Trinajstić information content (AvgIpc) is 3.08. The van der Waals surface area contributed by atoms with E-state index in [1.54, 1.807) is 0 Å². The van der Waals surface area contributed by atoms with E-state index in [0.717, 1.165) is 22.5 Å². The summed E-state index contributed by atoms with van der Waals surface area (Å²) < 4.78 is 3.85. The maximum atomic E-state index is 12.4. The minimum absolute atomic E-state index is 0.0386. The fourth-order valence-electron chi connectivity index (χ4n) is 2.66. The molecule has 0 spiro atoms. The van der Waals surface area contributed by atoms with E-state index in [0.29, 0.717) is 0 Å². The lowest BCUT2D eigenvalue weighted by atomic mass is 10.1. The van der Waals surface area contributed by atoms with Crippen LogP contribution in [0, 0.1) is 13.8 Å². The van der Waals surface area contributed by atoms with Crippen molar-refractivity contribution in [1.82, 2.24) is 4.68 Å². The highest BCUT2D eigenvalue weighted by molar-refractivity contribution is 5.91. The second-order valence-corrected chi connectivity index (χ2v) is 5.68. The number of aromatic nitrogens is 2. The molecule has 1 amide bonds. The Bertz CT molecular complexity index is 853. The zero-order valence-electron chi connectivity index (χ0n) is 14.8. The van der Waals surface area contributed by atoms with Crippen LogP contribution in [0.25, 0.3) is 5.69 Å². The van der Waals surface area contributed by atoms with Crippen LogP contribution in [0.2, 0.25) is 0 Å². The molecule has 0 atom stereocenters. The lowest BCUT2D eigenvalue weighted by Gasteiger charge is -2.10. The van der Waals surface area contributed by atoms with Crippen LogP contribution in [0.1, 0.15) is 11.1 Å². The number of carbonyl (C=O) groups is 2. The van der Waals surface area contributed by atoms with Crippen LogP contribution < -0.4 is 15.1 Å². The summed E-state index contributed by atoms with van der Waals surface area (Å²) in [5.41, 5.74) is 4.07. The first-order valence-corrected chi connectivity index (χ1v) is 8.11. The molecule has 2 aromatic carbocycles. The number of hydrogen-bond donors (Lipinski definition) is 1. The van der Waals surface area contributed by atoms with E-state index in [9.17, 15) is 4.79 Å². The van der Waals surface area contributed by atoms with Crippen LogP contribution >= 0.6 is 0 Å². The summed E-state index contributed by atoms with van der Waals surface area (Å²) in [6.45, 7) is 3.76. The Morgan fingerprint density at radius 3 is 2.31 bits per heavy atom. The van der Waals surface area contributed by atoms with Crippen molar-refractivity contribution in [3.8, 4) is 5.69 Å². The molecule has 6 heteroatoms. The Labute approximate surface area is 152 Å². The van der Waals surface area contributed by atoms with Gasteiger partial charge in [-0.05, 0) is 37.1 Å². The number of aryl methyl sites for hydroxylation is 2. The summed E-state index contributed by atoms with van der Waals surface area (Å²) in [5.74, 6) is -0.0386. The molecule has 6 nitrogen and oxygen atoms in total. The third kappa shape index (κ3) is 4.80. The summed E-state index contributed by atoms with van der Waals surface area (Å²) in [6.07, 6.45) is 3.85. The van der Waals surface area contributed by atoms with E-state index in [2.05, 4.69) is 5.32 Å². The van der Waals surface area contributed by atoms with Gasteiger partial charge in [-0.3, -0.25) is 4.79 Å². The first kappa shape index (κ1) is 18.9. The second kappa shape index (κ2) is 9.17. The molecule has 0 aliphatic rings. The summed E-state index contributed by atoms with van der Waals surface area (Å²) >= 11 is 0. The Morgan fingerprint density at radius 2 is 1.69 bits per heavy atom. The zero-order chi connectivity index (χ0) is 18.9. The van der Waals surface area contributed by atoms with Gasteiger partial charge in [-0.25, -0.2) is 0 Å². The van der Waals surface area contributed by atoms with E-state index in [-0.39, 0.29) is 12.5 Å². The number of rotatable bonds is 4. The maximum Gasteiger partial charge on any atom is 0.292 e. The highest BCUT2D eigenvalue weighted by Crippen LogP contribution is 2.19. The fraction of sp³-hybridized carbons (Fsp3) is 0.150. The lowest BCUT2D eigenvalue weighted by Crippen LogP contribution is -2.46. The van der Waals surface area contributed by atoms with Crippen molar-refractivity contribution in [2.24, 2.45) is 0 Å². The standard InChI is InChI=1S/C19H19N3O.CH2O2/c1-15-8-6-9-16(2)19(15)20-18(23)14-21-12-7-13-22(21)17-10-4-3-5-11-17;2-1-3/h3-13H,14H2,1-2H3;1H,(H,2,3). The Balaban J connectivity index is 0.000000758. The van der Waals surface area contributed by atoms with Gasteiger partial charge in [-0.15, -0.1) is 9.36 Å². The van der Waals surface area contributed by atoms with Crippen molar-refractivity contribution in [1.29, 1.82) is 0 Å². The quantitative estimate of drug-likeness (QED) is 0.570. The first-order valence-electron chi connectivity index (χ1n) is 8.11. The number of anilines is 1. The number of nitrogens with zero attached hydrogens (tertiary/aromatic N) is 2. The molecule has 0 aliphatic carbocycles.